The van der Waals surface area contributed by atoms with E-state index in [4.69, 9.17) is 4.74 Å². The van der Waals surface area contributed by atoms with Crippen LogP contribution in [0.2, 0.25) is 0 Å². The number of carbonyl (C=O) groups is 1. The van der Waals surface area contributed by atoms with Crippen LogP contribution >= 0.6 is 11.8 Å². The lowest BCUT2D eigenvalue weighted by atomic mass is 10.1. The van der Waals surface area contributed by atoms with Gasteiger partial charge in [0, 0.05) is 18.2 Å². The van der Waals surface area contributed by atoms with Gasteiger partial charge in [-0.1, -0.05) is 6.07 Å². The van der Waals surface area contributed by atoms with Gasteiger partial charge in [-0.3, -0.25) is 10.1 Å². The molecule has 6 heteroatoms. The van der Waals surface area contributed by atoms with Crippen molar-refractivity contribution in [3.8, 4) is 5.75 Å². The number of carbonyl (C=O) groups excluding carboxylic acids is 1. The first-order valence-corrected chi connectivity index (χ1v) is 7.69. The van der Waals surface area contributed by atoms with Crippen LogP contribution in [-0.2, 0) is 11.3 Å². The van der Waals surface area contributed by atoms with E-state index in [2.05, 4.69) is 15.5 Å². The maximum absolute atomic E-state index is 12.2. The lowest BCUT2D eigenvalue weighted by Crippen LogP contribution is -2.37. The predicted molar refractivity (Wildman–Crippen MR) is 83.3 cm³/mol. The molecule has 0 spiro atoms. The largest absolute Gasteiger partial charge is 0.495 e. The van der Waals surface area contributed by atoms with Crippen LogP contribution in [0.25, 0.3) is 0 Å². The zero-order valence-electron chi connectivity index (χ0n) is 12.1. The van der Waals surface area contributed by atoms with Crippen LogP contribution < -0.4 is 15.4 Å². The van der Waals surface area contributed by atoms with E-state index in [1.54, 1.807) is 18.9 Å². The number of amides is 1. The molecule has 1 unspecified atom stereocenters. The number of anilines is 1. The second-order valence-electron chi connectivity index (χ2n) is 5.03. The smallest absolute Gasteiger partial charge is 0.242 e. The van der Waals surface area contributed by atoms with E-state index in [0.717, 1.165) is 29.4 Å². The Morgan fingerprint density at radius 2 is 2.35 bits per heavy atom. The summed E-state index contributed by atoms with van der Waals surface area (Å²) in [5.41, 5.74) is 1.87. The first-order valence-electron chi connectivity index (χ1n) is 6.54. The van der Waals surface area contributed by atoms with Crippen LogP contribution in [0.4, 0.5) is 5.69 Å². The summed E-state index contributed by atoms with van der Waals surface area (Å²) < 4.78 is 5.31. The molecule has 0 aliphatic carbocycles. The quantitative estimate of drug-likeness (QED) is 0.859. The molecule has 1 aliphatic rings. The van der Waals surface area contributed by atoms with Gasteiger partial charge in [0.15, 0.2) is 0 Å². The molecular weight excluding hydrogens is 274 g/mol. The molecule has 2 rings (SSSR count). The molecule has 1 amide bonds. The number of nitrogens with zero attached hydrogens (tertiary/aromatic N) is 1. The molecule has 1 saturated heterocycles. The second kappa shape index (κ2) is 6.97. The van der Waals surface area contributed by atoms with Gasteiger partial charge in [0.1, 0.15) is 5.75 Å². The highest BCUT2D eigenvalue weighted by Crippen LogP contribution is 2.26. The Bertz CT molecular complexity index is 473. The highest BCUT2D eigenvalue weighted by molar-refractivity contribution is 7.99. The third kappa shape index (κ3) is 3.88. The standard InChI is InChI=1S/C14H21N3O2S/c1-17(2)7-10-4-5-13(19-3)11(6-10)16-14(18)12-8-20-9-15-12/h4-6,12,15H,7-9H2,1-3H3,(H,16,18). The molecule has 1 aliphatic heterocycles. The summed E-state index contributed by atoms with van der Waals surface area (Å²) in [6.45, 7) is 0.824. The van der Waals surface area contributed by atoms with Crippen molar-refractivity contribution in [1.82, 2.24) is 10.2 Å². The van der Waals surface area contributed by atoms with E-state index in [-0.39, 0.29) is 11.9 Å². The number of nitrogens with one attached hydrogen (secondary N) is 2. The number of benzene rings is 1. The molecular formula is C14H21N3O2S. The molecule has 0 saturated carbocycles. The maximum Gasteiger partial charge on any atom is 0.242 e. The average molecular weight is 295 g/mol. The zero-order chi connectivity index (χ0) is 14.5. The lowest BCUT2D eigenvalue weighted by Gasteiger charge is -2.16. The molecule has 110 valence electrons. The summed E-state index contributed by atoms with van der Waals surface area (Å²) in [6.07, 6.45) is 0. The van der Waals surface area contributed by atoms with Crippen molar-refractivity contribution in [1.29, 1.82) is 0 Å². The molecule has 5 nitrogen and oxygen atoms in total. The molecule has 1 fully saturated rings. The van der Waals surface area contributed by atoms with Crippen LogP contribution in [0.15, 0.2) is 18.2 Å². The number of hydrogen-bond acceptors (Lipinski definition) is 5. The van der Waals surface area contributed by atoms with Crippen molar-refractivity contribution in [2.45, 2.75) is 12.6 Å². The molecule has 1 aromatic carbocycles. The Labute approximate surface area is 124 Å². The number of hydrogen-bond donors (Lipinski definition) is 2. The van der Waals surface area contributed by atoms with Crippen LogP contribution in [-0.4, -0.2) is 49.7 Å². The normalized spacial score (nSPS) is 18.3. The molecule has 0 radical (unpaired) electrons. The van der Waals surface area contributed by atoms with E-state index in [9.17, 15) is 4.79 Å². The first-order chi connectivity index (χ1) is 9.60. The SMILES string of the molecule is COc1ccc(CN(C)C)cc1NC(=O)C1CSCN1. The van der Waals surface area contributed by atoms with Crippen molar-refractivity contribution in [2.24, 2.45) is 0 Å². The minimum atomic E-state index is -0.123. The summed E-state index contributed by atoms with van der Waals surface area (Å²) in [5.74, 6) is 2.32. The molecule has 1 atom stereocenters. The van der Waals surface area contributed by atoms with Crippen LogP contribution in [0.3, 0.4) is 0 Å². The Hall–Kier alpha value is -1.24. The third-order valence-electron chi connectivity index (χ3n) is 3.05. The molecule has 1 aromatic rings. The number of ether oxygens (including phenoxy) is 1. The fourth-order valence-electron chi connectivity index (χ4n) is 2.10. The summed E-state index contributed by atoms with van der Waals surface area (Å²) in [4.78, 5) is 14.2. The van der Waals surface area contributed by atoms with Crippen molar-refractivity contribution in [3.63, 3.8) is 0 Å². The molecule has 20 heavy (non-hydrogen) atoms. The molecule has 1 heterocycles. The van der Waals surface area contributed by atoms with Gasteiger partial charge in [0.05, 0.1) is 18.8 Å². The highest BCUT2D eigenvalue weighted by Gasteiger charge is 2.23. The van der Waals surface area contributed by atoms with E-state index in [1.807, 2.05) is 32.3 Å². The monoisotopic (exact) mass is 295 g/mol. The Kier molecular flexibility index (Phi) is 5.28. The predicted octanol–water partition coefficient (Wildman–Crippen LogP) is 1.36. The van der Waals surface area contributed by atoms with Gasteiger partial charge in [-0.15, -0.1) is 11.8 Å². The Morgan fingerprint density at radius 1 is 1.55 bits per heavy atom. The van der Waals surface area contributed by atoms with Gasteiger partial charge >= 0.3 is 0 Å². The summed E-state index contributed by atoms with van der Waals surface area (Å²) in [5, 5.41) is 6.12. The van der Waals surface area contributed by atoms with Gasteiger partial charge in [-0.25, -0.2) is 0 Å². The average Bonchev–Trinajstić information content (AvgIpc) is 2.92. The van der Waals surface area contributed by atoms with Crippen molar-refractivity contribution in [2.75, 3.05) is 38.2 Å². The van der Waals surface area contributed by atoms with Crippen LogP contribution in [0.5, 0.6) is 5.75 Å². The van der Waals surface area contributed by atoms with E-state index < -0.39 is 0 Å². The summed E-state index contributed by atoms with van der Waals surface area (Å²) >= 11 is 1.73. The van der Waals surface area contributed by atoms with Gasteiger partial charge in [0.2, 0.25) is 5.91 Å². The zero-order valence-corrected chi connectivity index (χ0v) is 12.9. The highest BCUT2D eigenvalue weighted by atomic mass is 32.2. The number of methoxy groups -OCH3 is 1. The fourth-order valence-corrected chi connectivity index (χ4v) is 3.04. The summed E-state index contributed by atoms with van der Waals surface area (Å²) in [6, 6.07) is 5.75. The first kappa shape index (κ1) is 15.2. The number of rotatable bonds is 5. The van der Waals surface area contributed by atoms with Crippen molar-refractivity contribution < 1.29 is 9.53 Å². The van der Waals surface area contributed by atoms with E-state index in [1.165, 1.54) is 0 Å². The second-order valence-corrected chi connectivity index (χ2v) is 6.06. The molecule has 0 aromatic heterocycles. The fraction of sp³-hybridized carbons (Fsp3) is 0.500. The minimum absolute atomic E-state index is 0.00435. The molecule has 0 bridgehead atoms. The van der Waals surface area contributed by atoms with Gasteiger partial charge in [0.25, 0.3) is 0 Å². The van der Waals surface area contributed by atoms with Crippen molar-refractivity contribution in [3.05, 3.63) is 23.8 Å². The summed E-state index contributed by atoms with van der Waals surface area (Å²) in [7, 11) is 5.64. The lowest BCUT2D eigenvalue weighted by molar-refractivity contribution is -0.117. The van der Waals surface area contributed by atoms with E-state index in [0.29, 0.717) is 5.75 Å². The Balaban J connectivity index is 2.12. The van der Waals surface area contributed by atoms with E-state index >= 15 is 0 Å². The van der Waals surface area contributed by atoms with Gasteiger partial charge in [-0.05, 0) is 31.8 Å². The van der Waals surface area contributed by atoms with Crippen LogP contribution in [0.1, 0.15) is 5.56 Å². The van der Waals surface area contributed by atoms with Gasteiger partial charge < -0.3 is 15.0 Å². The molecule has 2 N–H and O–H groups in total. The topological polar surface area (TPSA) is 53.6 Å². The van der Waals surface area contributed by atoms with Gasteiger partial charge in [-0.2, -0.15) is 0 Å². The van der Waals surface area contributed by atoms with Crippen molar-refractivity contribution >= 4 is 23.4 Å². The van der Waals surface area contributed by atoms with Crippen LogP contribution in [0, 0.1) is 0 Å². The Morgan fingerprint density at radius 3 is 2.95 bits per heavy atom. The number of thioether (sulfide) groups is 1. The minimum Gasteiger partial charge on any atom is -0.495 e. The maximum atomic E-state index is 12.2. The third-order valence-corrected chi connectivity index (χ3v) is 3.99.